The minimum atomic E-state index is 0.0529. The summed E-state index contributed by atoms with van der Waals surface area (Å²) in [6, 6.07) is 6.33. The smallest absolute Gasteiger partial charge is 0.220 e. The molecular formula is C14H20ClNO. The minimum absolute atomic E-state index is 0.0529. The number of halogens is 1. The van der Waals surface area contributed by atoms with Crippen LogP contribution in [0.3, 0.4) is 0 Å². The van der Waals surface area contributed by atoms with Gasteiger partial charge in [-0.1, -0.05) is 18.2 Å². The van der Waals surface area contributed by atoms with Gasteiger partial charge >= 0.3 is 0 Å². The first kappa shape index (κ1) is 14.0. The van der Waals surface area contributed by atoms with Crippen molar-refractivity contribution < 1.29 is 4.79 Å². The van der Waals surface area contributed by atoms with Gasteiger partial charge in [-0.3, -0.25) is 4.79 Å². The van der Waals surface area contributed by atoms with E-state index in [1.807, 2.05) is 6.92 Å². The highest BCUT2D eigenvalue weighted by atomic mass is 35.5. The monoisotopic (exact) mass is 253 g/mol. The number of amides is 1. The van der Waals surface area contributed by atoms with Gasteiger partial charge in [0.25, 0.3) is 0 Å². The Bertz CT molecular complexity index is 390. The van der Waals surface area contributed by atoms with Gasteiger partial charge in [-0.25, -0.2) is 0 Å². The van der Waals surface area contributed by atoms with Crippen LogP contribution in [0, 0.1) is 13.8 Å². The Morgan fingerprint density at radius 1 is 1.35 bits per heavy atom. The number of nitrogens with one attached hydrogen (secondary N) is 1. The Labute approximate surface area is 108 Å². The summed E-state index contributed by atoms with van der Waals surface area (Å²) in [4.78, 5) is 11.6. The van der Waals surface area contributed by atoms with E-state index in [9.17, 15) is 4.79 Å². The molecular weight excluding hydrogens is 234 g/mol. The van der Waals surface area contributed by atoms with E-state index in [0.29, 0.717) is 12.3 Å². The summed E-state index contributed by atoms with van der Waals surface area (Å²) >= 11 is 5.56. The van der Waals surface area contributed by atoms with E-state index in [-0.39, 0.29) is 11.9 Å². The fourth-order valence-electron chi connectivity index (χ4n) is 1.66. The van der Waals surface area contributed by atoms with Crippen LogP contribution in [-0.2, 0) is 4.79 Å². The molecule has 0 aliphatic carbocycles. The molecule has 3 heteroatoms. The molecule has 0 radical (unpaired) electrons. The average molecular weight is 254 g/mol. The molecule has 0 bridgehead atoms. The highest BCUT2D eigenvalue weighted by molar-refractivity contribution is 6.17. The van der Waals surface area contributed by atoms with Gasteiger partial charge in [0, 0.05) is 12.3 Å². The predicted octanol–water partition coefficient (Wildman–Crippen LogP) is 3.50. The van der Waals surface area contributed by atoms with Crippen LogP contribution in [0.25, 0.3) is 0 Å². The zero-order chi connectivity index (χ0) is 12.8. The number of hydrogen-bond donors (Lipinski definition) is 1. The van der Waals surface area contributed by atoms with Crippen LogP contribution in [0.2, 0.25) is 0 Å². The average Bonchev–Trinajstić information content (AvgIpc) is 2.30. The lowest BCUT2D eigenvalue weighted by atomic mass is 10.0. The highest BCUT2D eigenvalue weighted by Crippen LogP contribution is 2.16. The second kappa shape index (κ2) is 6.65. The van der Waals surface area contributed by atoms with Crippen LogP contribution in [0.15, 0.2) is 18.2 Å². The third-order valence-corrected chi connectivity index (χ3v) is 3.21. The molecule has 1 rings (SSSR count). The summed E-state index contributed by atoms with van der Waals surface area (Å²) in [6.07, 6.45) is 1.23. The lowest BCUT2D eigenvalue weighted by Gasteiger charge is -2.15. The largest absolute Gasteiger partial charge is 0.350 e. The first-order valence-electron chi connectivity index (χ1n) is 5.97. The number of carbonyl (C=O) groups is 1. The summed E-state index contributed by atoms with van der Waals surface area (Å²) in [5.41, 5.74) is 3.67. The van der Waals surface area contributed by atoms with Crippen LogP contribution < -0.4 is 5.32 Å². The maximum Gasteiger partial charge on any atom is 0.220 e. The molecule has 1 N–H and O–H groups in total. The predicted molar refractivity (Wildman–Crippen MR) is 72.4 cm³/mol. The second-order valence-corrected chi connectivity index (χ2v) is 4.80. The molecule has 0 aliphatic heterocycles. The van der Waals surface area contributed by atoms with Crippen molar-refractivity contribution in [2.45, 2.75) is 39.7 Å². The molecule has 0 saturated heterocycles. The van der Waals surface area contributed by atoms with E-state index in [4.69, 9.17) is 11.6 Å². The molecule has 1 atom stereocenters. The quantitative estimate of drug-likeness (QED) is 0.800. The summed E-state index contributed by atoms with van der Waals surface area (Å²) in [6.45, 7) is 6.17. The molecule has 0 heterocycles. The van der Waals surface area contributed by atoms with Gasteiger partial charge in [0.05, 0.1) is 6.04 Å². The van der Waals surface area contributed by atoms with Crippen molar-refractivity contribution in [2.75, 3.05) is 5.88 Å². The van der Waals surface area contributed by atoms with E-state index in [2.05, 4.69) is 37.4 Å². The first-order chi connectivity index (χ1) is 8.04. The molecule has 0 saturated carbocycles. The van der Waals surface area contributed by atoms with Crippen molar-refractivity contribution in [3.05, 3.63) is 34.9 Å². The third kappa shape index (κ3) is 4.39. The van der Waals surface area contributed by atoms with Gasteiger partial charge in [0.15, 0.2) is 0 Å². The number of alkyl halides is 1. The zero-order valence-corrected chi connectivity index (χ0v) is 11.5. The van der Waals surface area contributed by atoms with Crippen LogP contribution >= 0.6 is 11.6 Å². The third-order valence-electron chi connectivity index (χ3n) is 2.95. The molecule has 0 fully saturated rings. The SMILES string of the molecule is Cc1ccc(C(C)NC(=O)CCCCl)cc1C. The number of aryl methyl sites for hydroxylation is 2. The van der Waals surface area contributed by atoms with E-state index in [0.717, 1.165) is 12.0 Å². The van der Waals surface area contributed by atoms with E-state index >= 15 is 0 Å². The summed E-state index contributed by atoms with van der Waals surface area (Å²) in [5, 5.41) is 2.98. The topological polar surface area (TPSA) is 29.1 Å². The van der Waals surface area contributed by atoms with Gasteiger partial charge < -0.3 is 5.32 Å². The Kier molecular flexibility index (Phi) is 5.49. The van der Waals surface area contributed by atoms with Crippen molar-refractivity contribution in [3.8, 4) is 0 Å². The second-order valence-electron chi connectivity index (χ2n) is 4.43. The van der Waals surface area contributed by atoms with Gasteiger partial charge in [0.2, 0.25) is 5.91 Å². The molecule has 1 aromatic rings. The van der Waals surface area contributed by atoms with Crippen LogP contribution in [0.5, 0.6) is 0 Å². The maximum absolute atomic E-state index is 11.6. The standard InChI is InChI=1S/C14H20ClNO/c1-10-6-7-13(9-11(10)2)12(3)16-14(17)5-4-8-15/h6-7,9,12H,4-5,8H2,1-3H3,(H,16,17). The Morgan fingerprint density at radius 3 is 2.65 bits per heavy atom. The minimum Gasteiger partial charge on any atom is -0.350 e. The van der Waals surface area contributed by atoms with Crippen LogP contribution in [-0.4, -0.2) is 11.8 Å². The molecule has 94 valence electrons. The number of rotatable bonds is 5. The van der Waals surface area contributed by atoms with Crippen molar-refractivity contribution >= 4 is 17.5 Å². The van der Waals surface area contributed by atoms with Crippen molar-refractivity contribution in [1.82, 2.24) is 5.32 Å². The molecule has 0 aliphatic rings. The molecule has 2 nitrogen and oxygen atoms in total. The van der Waals surface area contributed by atoms with Crippen molar-refractivity contribution in [1.29, 1.82) is 0 Å². The molecule has 0 aromatic heterocycles. The van der Waals surface area contributed by atoms with Crippen molar-refractivity contribution in [2.24, 2.45) is 0 Å². The number of hydrogen-bond acceptors (Lipinski definition) is 1. The fourth-order valence-corrected chi connectivity index (χ4v) is 1.79. The molecule has 1 unspecified atom stereocenters. The summed E-state index contributed by atoms with van der Waals surface area (Å²) in [7, 11) is 0. The lowest BCUT2D eigenvalue weighted by molar-refractivity contribution is -0.121. The Hall–Kier alpha value is -1.02. The van der Waals surface area contributed by atoms with E-state index in [1.54, 1.807) is 0 Å². The number of benzene rings is 1. The van der Waals surface area contributed by atoms with Crippen LogP contribution in [0.1, 0.15) is 42.5 Å². The molecule has 1 amide bonds. The van der Waals surface area contributed by atoms with Gasteiger partial charge in [-0.15, -0.1) is 11.6 Å². The maximum atomic E-state index is 11.6. The van der Waals surface area contributed by atoms with Gasteiger partial charge in [-0.05, 0) is 43.9 Å². The van der Waals surface area contributed by atoms with E-state index < -0.39 is 0 Å². The van der Waals surface area contributed by atoms with Crippen molar-refractivity contribution in [3.63, 3.8) is 0 Å². The molecule has 1 aromatic carbocycles. The highest BCUT2D eigenvalue weighted by Gasteiger charge is 2.09. The lowest BCUT2D eigenvalue weighted by Crippen LogP contribution is -2.26. The van der Waals surface area contributed by atoms with E-state index in [1.165, 1.54) is 11.1 Å². The number of carbonyl (C=O) groups excluding carboxylic acids is 1. The van der Waals surface area contributed by atoms with Gasteiger partial charge in [0.1, 0.15) is 0 Å². The normalized spacial score (nSPS) is 12.2. The summed E-state index contributed by atoms with van der Waals surface area (Å²) < 4.78 is 0. The van der Waals surface area contributed by atoms with Gasteiger partial charge in [-0.2, -0.15) is 0 Å². The Morgan fingerprint density at radius 2 is 2.06 bits per heavy atom. The Balaban J connectivity index is 2.60. The zero-order valence-electron chi connectivity index (χ0n) is 10.7. The molecule has 17 heavy (non-hydrogen) atoms. The fraction of sp³-hybridized carbons (Fsp3) is 0.500. The summed E-state index contributed by atoms with van der Waals surface area (Å²) in [5.74, 6) is 0.599. The first-order valence-corrected chi connectivity index (χ1v) is 6.50. The molecule has 0 spiro atoms. The van der Waals surface area contributed by atoms with Crippen LogP contribution in [0.4, 0.5) is 0 Å².